The molecule has 0 bridgehead atoms. The lowest BCUT2D eigenvalue weighted by Crippen LogP contribution is -2.50. The summed E-state index contributed by atoms with van der Waals surface area (Å²) in [6.07, 6.45) is 0. The van der Waals surface area contributed by atoms with Crippen molar-refractivity contribution in [3.8, 4) is 22.1 Å². The van der Waals surface area contributed by atoms with Crippen LogP contribution in [0.3, 0.4) is 0 Å². The summed E-state index contributed by atoms with van der Waals surface area (Å²) < 4.78 is 20.2. The van der Waals surface area contributed by atoms with Crippen LogP contribution in [0, 0.1) is 5.82 Å². The molecule has 0 N–H and O–H groups in total. The van der Waals surface area contributed by atoms with Gasteiger partial charge in [0, 0.05) is 31.7 Å². The third-order valence-corrected chi connectivity index (χ3v) is 6.65. The first-order chi connectivity index (χ1) is 17.0. The first-order valence-corrected chi connectivity index (χ1v) is 11.9. The maximum absolute atomic E-state index is 13.4. The molecule has 0 unspecified atom stereocenters. The molecule has 0 spiro atoms. The van der Waals surface area contributed by atoms with Crippen molar-refractivity contribution in [1.29, 1.82) is 0 Å². The average Bonchev–Trinajstić information content (AvgIpc) is 3.59. The van der Waals surface area contributed by atoms with Gasteiger partial charge in [0.25, 0.3) is 11.8 Å². The van der Waals surface area contributed by atoms with E-state index in [1.165, 1.54) is 23.5 Å². The lowest BCUT2D eigenvalue weighted by Gasteiger charge is -2.34. The van der Waals surface area contributed by atoms with Gasteiger partial charge in [0.2, 0.25) is 5.82 Å². The van der Waals surface area contributed by atoms with Gasteiger partial charge in [0.1, 0.15) is 11.6 Å². The zero-order chi connectivity index (χ0) is 24.4. The molecular formula is C25H22FN5O3S. The van der Waals surface area contributed by atoms with Crippen molar-refractivity contribution in [2.24, 2.45) is 0 Å². The Morgan fingerprint density at radius 2 is 1.66 bits per heavy atom. The summed E-state index contributed by atoms with van der Waals surface area (Å²) in [5.41, 5.74) is 1.15. The smallest absolute Gasteiger partial charge is 0.293 e. The fourth-order valence-electron chi connectivity index (χ4n) is 3.92. The molecule has 1 fully saturated rings. The topological polar surface area (TPSA) is 80.6 Å². The summed E-state index contributed by atoms with van der Waals surface area (Å²) >= 11 is 1.48. The molecule has 1 saturated heterocycles. The van der Waals surface area contributed by atoms with Crippen LogP contribution in [0.25, 0.3) is 16.4 Å². The molecule has 0 radical (unpaired) electrons. The molecule has 0 atom stereocenters. The second-order valence-electron chi connectivity index (χ2n) is 7.94. The van der Waals surface area contributed by atoms with Crippen molar-refractivity contribution in [3.63, 3.8) is 0 Å². The minimum Gasteiger partial charge on any atom is -0.497 e. The molecule has 35 heavy (non-hydrogen) atoms. The van der Waals surface area contributed by atoms with Crippen molar-refractivity contribution in [2.45, 2.75) is 0 Å². The van der Waals surface area contributed by atoms with E-state index >= 15 is 0 Å². The zero-order valence-electron chi connectivity index (χ0n) is 18.9. The van der Waals surface area contributed by atoms with Gasteiger partial charge in [0.05, 0.1) is 17.7 Å². The Balaban J connectivity index is 1.33. The third kappa shape index (κ3) is 4.65. The number of benzene rings is 2. The number of piperazine rings is 1. The molecule has 5 rings (SSSR count). The molecule has 2 amide bonds. The number of thiophene rings is 1. The van der Waals surface area contributed by atoms with Crippen LogP contribution in [0.15, 0.2) is 66.0 Å². The Hall–Kier alpha value is -4.05. The largest absolute Gasteiger partial charge is 0.497 e. The molecule has 1 aliphatic heterocycles. The maximum Gasteiger partial charge on any atom is 0.293 e. The van der Waals surface area contributed by atoms with Gasteiger partial charge in [0.15, 0.2) is 5.82 Å². The van der Waals surface area contributed by atoms with E-state index in [1.807, 2.05) is 17.5 Å². The molecule has 10 heteroatoms. The molecule has 2 aromatic carbocycles. The van der Waals surface area contributed by atoms with E-state index in [9.17, 15) is 14.0 Å². The maximum atomic E-state index is 13.4. The summed E-state index contributed by atoms with van der Waals surface area (Å²) in [5, 5.41) is 6.38. The number of carbonyl (C=O) groups excluding carboxylic acids is 2. The van der Waals surface area contributed by atoms with Gasteiger partial charge in [-0.05, 0) is 53.9 Å². The van der Waals surface area contributed by atoms with Gasteiger partial charge in [-0.15, -0.1) is 16.4 Å². The minimum atomic E-state index is -0.357. The third-order valence-electron chi connectivity index (χ3n) is 5.78. The van der Waals surface area contributed by atoms with Crippen LogP contribution in [0.5, 0.6) is 5.75 Å². The van der Waals surface area contributed by atoms with Crippen LogP contribution in [0.2, 0.25) is 0 Å². The van der Waals surface area contributed by atoms with Crippen LogP contribution in [-0.4, -0.2) is 69.7 Å². The van der Waals surface area contributed by atoms with Crippen LogP contribution < -0.4 is 4.74 Å². The fraction of sp³-hybridized carbons (Fsp3) is 0.200. The number of methoxy groups -OCH3 is 1. The van der Waals surface area contributed by atoms with Gasteiger partial charge in [-0.1, -0.05) is 12.1 Å². The molecular weight excluding hydrogens is 469 g/mol. The molecule has 0 aliphatic carbocycles. The van der Waals surface area contributed by atoms with Crippen LogP contribution >= 0.6 is 11.3 Å². The van der Waals surface area contributed by atoms with E-state index in [0.717, 1.165) is 4.88 Å². The predicted molar refractivity (Wildman–Crippen MR) is 129 cm³/mol. The standard InChI is InChI=1S/C25H22FN5O3S/c1-34-20-5-2-4-17(16-20)24(32)29-11-13-30(14-12-29)25(33)22-27-23(21-6-3-15-35-21)31(28-22)19-9-7-18(26)8-10-19/h2-10,15-16H,11-14H2,1H3. The van der Waals surface area contributed by atoms with Crippen molar-refractivity contribution in [3.05, 3.63) is 83.2 Å². The van der Waals surface area contributed by atoms with E-state index in [0.29, 0.717) is 49.0 Å². The highest BCUT2D eigenvalue weighted by Crippen LogP contribution is 2.26. The van der Waals surface area contributed by atoms with Gasteiger partial charge in [-0.2, -0.15) is 0 Å². The monoisotopic (exact) mass is 491 g/mol. The van der Waals surface area contributed by atoms with Crippen molar-refractivity contribution in [2.75, 3.05) is 33.3 Å². The van der Waals surface area contributed by atoms with E-state index < -0.39 is 0 Å². The normalized spacial score (nSPS) is 13.7. The van der Waals surface area contributed by atoms with Gasteiger partial charge < -0.3 is 14.5 Å². The molecule has 1 aliphatic rings. The van der Waals surface area contributed by atoms with E-state index in [1.54, 1.807) is 58.0 Å². The van der Waals surface area contributed by atoms with Crippen LogP contribution in [-0.2, 0) is 0 Å². The Morgan fingerprint density at radius 1 is 0.943 bits per heavy atom. The Labute approximate surface area is 205 Å². The minimum absolute atomic E-state index is 0.0605. The number of carbonyl (C=O) groups is 2. The average molecular weight is 492 g/mol. The number of aromatic nitrogens is 3. The van der Waals surface area contributed by atoms with E-state index in [2.05, 4.69) is 10.1 Å². The first kappa shape index (κ1) is 22.7. The summed E-state index contributed by atoms with van der Waals surface area (Å²) in [5.74, 6) is 0.428. The number of amides is 2. The molecule has 8 nitrogen and oxygen atoms in total. The highest BCUT2D eigenvalue weighted by Gasteiger charge is 2.29. The number of halogens is 1. The van der Waals surface area contributed by atoms with Crippen molar-refractivity contribution < 1.29 is 18.7 Å². The number of hydrogen-bond donors (Lipinski definition) is 0. The summed E-state index contributed by atoms with van der Waals surface area (Å²) in [6.45, 7) is 1.54. The lowest BCUT2D eigenvalue weighted by molar-refractivity contribution is 0.0529. The summed E-state index contributed by atoms with van der Waals surface area (Å²) in [4.78, 5) is 34.9. The SMILES string of the molecule is COc1cccc(C(=O)N2CCN(C(=O)c3nc(-c4cccs4)n(-c4ccc(F)cc4)n3)CC2)c1. The summed E-state index contributed by atoms with van der Waals surface area (Å²) in [6, 6.07) is 16.7. The van der Waals surface area contributed by atoms with Crippen molar-refractivity contribution >= 4 is 23.2 Å². The highest BCUT2D eigenvalue weighted by molar-refractivity contribution is 7.13. The van der Waals surface area contributed by atoms with E-state index in [4.69, 9.17) is 4.74 Å². The first-order valence-electron chi connectivity index (χ1n) is 11.0. The molecule has 178 valence electrons. The number of nitrogens with zero attached hydrogens (tertiary/aromatic N) is 5. The molecule has 4 aromatic rings. The summed E-state index contributed by atoms with van der Waals surface area (Å²) in [7, 11) is 1.56. The highest BCUT2D eigenvalue weighted by atomic mass is 32.1. The Kier molecular flexibility index (Phi) is 6.28. The quantitative estimate of drug-likeness (QED) is 0.425. The van der Waals surface area contributed by atoms with Crippen LogP contribution in [0.4, 0.5) is 4.39 Å². The number of rotatable bonds is 5. The van der Waals surface area contributed by atoms with E-state index in [-0.39, 0.29) is 23.5 Å². The molecule has 3 heterocycles. The Morgan fingerprint density at radius 3 is 2.31 bits per heavy atom. The predicted octanol–water partition coefficient (Wildman–Crippen LogP) is 3.74. The van der Waals surface area contributed by atoms with Crippen LogP contribution in [0.1, 0.15) is 21.0 Å². The number of ether oxygens (including phenoxy) is 1. The number of hydrogen-bond acceptors (Lipinski definition) is 6. The molecule has 2 aromatic heterocycles. The second-order valence-corrected chi connectivity index (χ2v) is 8.89. The van der Waals surface area contributed by atoms with Gasteiger partial charge >= 0.3 is 0 Å². The lowest BCUT2D eigenvalue weighted by atomic mass is 10.1. The van der Waals surface area contributed by atoms with Gasteiger partial charge in [-0.3, -0.25) is 9.59 Å². The zero-order valence-corrected chi connectivity index (χ0v) is 19.7. The van der Waals surface area contributed by atoms with Crippen molar-refractivity contribution in [1.82, 2.24) is 24.6 Å². The fourth-order valence-corrected chi connectivity index (χ4v) is 4.62. The second kappa shape index (κ2) is 9.67. The Bertz CT molecular complexity index is 1350. The molecule has 0 saturated carbocycles. The van der Waals surface area contributed by atoms with Gasteiger partial charge in [-0.25, -0.2) is 14.1 Å².